The summed E-state index contributed by atoms with van der Waals surface area (Å²) in [4.78, 5) is 49.8. The molecule has 0 bridgehead atoms. The maximum absolute atomic E-state index is 13.9. The first-order valence-electron chi connectivity index (χ1n) is 18.4. The Morgan fingerprint density at radius 3 is 2.24 bits per heavy atom. The summed E-state index contributed by atoms with van der Waals surface area (Å²) in [5.74, 6) is 0.951. The van der Waals surface area contributed by atoms with Crippen LogP contribution in [0.3, 0.4) is 0 Å². The van der Waals surface area contributed by atoms with E-state index in [4.69, 9.17) is 18.9 Å². The third-order valence-corrected chi connectivity index (χ3v) is 10.2. The van der Waals surface area contributed by atoms with Crippen LogP contribution in [0.25, 0.3) is 0 Å². The summed E-state index contributed by atoms with van der Waals surface area (Å²) in [6.07, 6.45) is 6.76. The fourth-order valence-corrected chi connectivity index (χ4v) is 7.33. The fourth-order valence-electron chi connectivity index (χ4n) is 7.33. The van der Waals surface area contributed by atoms with Crippen molar-refractivity contribution in [3.63, 3.8) is 0 Å². The highest BCUT2D eigenvalue weighted by Gasteiger charge is 2.45. The largest absolute Gasteiger partial charge is 0.493 e. The number of methoxy groups -OCH3 is 1. The van der Waals surface area contributed by atoms with Crippen LogP contribution in [0.4, 0.5) is 16.2 Å². The molecule has 0 aliphatic carbocycles. The van der Waals surface area contributed by atoms with Gasteiger partial charge in [0.25, 0.3) is 11.8 Å². The second kappa shape index (κ2) is 15.4. The van der Waals surface area contributed by atoms with Crippen LogP contribution in [-0.2, 0) is 11.3 Å². The lowest BCUT2D eigenvalue weighted by molar-refractivity contribution is 0.0544. The SMILES string of the molecule is COc1cc2c(cc1OCCCCCOc1cc3c(cc1C)C(=O)N1C=C(C)C[C@H]1C=N3)N(C(=O)OCc1ccc(C)cc1)[C@@H](O)[C@@H]1CC(C)=CN1C2=O. The predicted molar refractivity (Wildman–Crippen MR) is 204 cm³/mol. The van der Waals surface area contributed by atoms with E-state index in [1.165, 1.54) is 12.0 Å². The van der Waals surface area contributed by atoms with Crippen molar-refractivity contribution in [1.82, 2.24) is 9.80 Å². The van der Waals surface area contributed by atoms with Crippen molar-refractivity contribution < 1.29 is 38.4 Å². The number of carbonyl (C=O) groups excluding carboxylic acids is 3. The number of carbonyl (C=O) groups is 3. The molecule has 3 amide bonds. The van der Waals surface area contributed by atoms with Gasteiger partial charge in [-0.3, -0.25) is 14.6 Å². The number of rotatable bonds is 11. The van der Waals surface area contributed by atoms with Crippen molar-refractivity contribution in [1.29, 1.82) is 0 Å². The van der Waals surface area contributed by atoms with E-state index in [2.05, 4.69) is 4.99 Å². The molecule has 282 valence electrons. The molecule has 1 N–H and O–H groups in total. The Hall–Kier alpha value is -5.62. The zero-order chi connectivity index (χ0) is 38.1. The van der Waals surface area contributed by atoms with Gasteiger partial charge in [0.05, 0.1) is 54.9 Å². The Bertz CT molecular complexity index is 2060. The number of ether oxygens (including phenoxy) is 4. The first kappa shape index (κ1) is 36.7. The maximum Gasteiger partial charge on any atom is 0.416 e. The van der Waals surface area contributed by atoms with Gasteiger partial charge in [0.15, 0.2) is 17.7 Å². The topological polar surface area (TPSA) is 130 Å². The summed E-state index contributed by atoms with van der Waals surface area (Å²) in [5.41, 5.74) is 6.37. The van der Waals surface area contributed by atoms with E-state index in [-0.39, 0.29) is 35.7 Å². The van der Waals surface area contributed by atoms with Gasteiger partial charge in [-0.15, -0.1) is 0 Å². The molecule has 3 aromatic carbocycles. The number of unbranched alkanes of at least 4 members (excludes halogenated alkanes) is 2. The van der Waals surface area contributed by atoms with E-state index in [0.717, 1.165) is 52.0 Å². The van der Waals surface area contributed by atoms with E-state index in [1.54, 1.807) is 23.2 Å². The predicted octanol–water partition coefficient (Wildman–Crippen LogP) is 7.37. The third-order valence-electron chi connectivity index (χ3n) is 10.2. The Kier molecular flexibility index (Phi) is 10.5. The average molecular weight is 735 g/mol. The number of anilines is 1. The van der Waals surface area contributed by atoms with Crippen molar-refractivity contribution in [2.45, 2.75) is 84.7 Å². The van der Waals surface area contributed by atoms with Crippen molar-refractivity contribution in [2.24, 2.45) is 4.99 Å². The molecule has 3 aromatic rings. The van der Waals surface area contributed by atoms with Crippen LogP contribution >= 0.6 is 0 Å². The molecule has 0 radical (unpaired) electrons. The number of aryl methyl sites for hydroxylation is 2. The fraction of sp³-hybridized carbons (Fsp3) is 0.381. The normalized spacial score (nSPS) is 20.0. The minimum Gasteiger partial charge on any atom is -0.493 e. The lowest BCUT2D eigenvalue weighted by atomic mass is 10.1. The van der Waals surface area contributed by atoms with Gasteiger partial charge < -0.3 is 33.9 Å². The Balaban J connectivity index is 0.997. The number of hydrogen-bond donors (Lipinski definition) is 1. The summed E-state index contributed by atoms with van der Waals surface area (Å²) in [6, 6.07) is 13.7. The van der Waals surface area contributed by atoms with Crippen molar-refractivity contribution >= 4 is 35.5 Å². The molecule has 0 saturated heterocycles. The number of benzene rings is 3. The summed E-state index contributed by atoms with van der Waals surface area (Å²) in [6.45, 7) is 8.62. The lowest BCUT2D eigenvalue weighted by Crippen LogP contribution is -2.50. The minimum absolute atomic E-state index is 0.00311. The molecule has 0 unspecified atom stereocenters. The molecule has 3 atom stereocenters. The van der Waals surface area contributed by atoms with Gasteiger partial charge in [-0.25, -0.2) is 9.69 Å². The summed E-state index contributed by atoms with van der Waals surface area (Å²) in [5, 5.41) is 11.6. The van der Waals surface area contributed by atoms with Gasteiger partial charge in [-0.2, -0.15) is 0 Å². The number of amides is 3. The van der Waals surface area contributed by atoms with E-state index < -0.39 is 18.4 Å². The van der Waals surface area contributed by atoms with Gasteiger partial charge in [-0.05, 0) is 83.1 Å². The zero-order valence-electron chi connectivity index (χ0n) is 31.3. The molecule has 4 heterocycles. The molecular weight excluding hydrogens is 688 g/mol. The summed E-state index contributed by atoms with van der Waals surface area (Å²) < 4.78 is 23.6. The van der Waals surface area contributed by atoms with Crippen LogP contribution in [0, 0.1) is 13.8 Å². The quantitative estimate of drug-likeness (QED) is 0.202. The molecule has 4 aliphatic heterocycles. The van der Waals surface area contributed by atoms with Crippen LogP contribution < -0.4 is 19.1 Å². The second-order valence-corrected chi connectivity index (χ2v) is 14.4. The van der Waals surface area contributed by atoms with Crippen molar-refractivity contribution in [3.05, 3.63) is 99.9 Å². The molecule has 0 spiro atoms. The monoisotopic (exact) mass is 734 g/mol. The highest BCUT2D eigenvalue weighted by atomic mass is 16.6. The zero-order valence-corrected chi connectivity index (χ0v) is 31.3. The number of hydrogen-bond acceptors (Lipinski definition) is 9. The van der Waals surface area contributed by atoms with E-state index in [0.29, 0.717) is 54.6 Å². The number of fused-ring (bicyclic) bond motifs is 4. The summed E-state index contributed by atoms with van der Waals surface area (Å²) in [7, 11) is 1.49. The van der Waals surface area contributed by atoms with E-state index >= 15 is 0 Å². The highest BCUT2D eigenvalue weighted by Crippen LogP contribution is 2.42. The van der Waals surface area contributed by atoms with Crippen LogP contribution in [0.1, 0.15) is 83.4 Å². The Labute approximate surface area is 315 Å². The molecule has 0 aromatic heterocycles. The molecule has 12 heteroatoms. The van der Waals surface area contributed by atoms with E-state index in [9.17, 15) is 19.5 Å². The molecule has 4 aliphatic rings. The van der Waals surface area contributed by atoms with Gasteiger partial charge in [0, 0.05) is 30.7 Å². The second-order valence-electron chi connectivity index (χ2n) is 14.4. The van der Waals surface area contributed by atoms with Crippen molar-refractivity contribution in [2.75, 3.05) is 25.2 Å². The number of nitrogens with zero attached hydrogens (tertiary/aromatic N) is 4. The smallest absolute Gasteiger partial charge is 0.416 e. The van der Waals surface area contributed by atoms with Crippen LogP contribution in [0.15, 0.2) is 77.1 Å². The third kappa shape index (κ3) is 7.30. The Morgan fingerprint density at radius 1 is 0.815 bits per heavy atom. The highest BCUT2D eigenvalue weighted by molar-refractivity contribution is 6.06. The van der Waals surface area contributed by atoms with Gasteiger partial charge >= 0.3 is 6.09 Å². The molecular formula is C42H46N4O8. The minimum atomic E-state index is -1.37. The maximum atomic E-state index is 13.9. The van der Waals surface area contributed by atoms with Gasteiger partial charge in [-0.1, -0.05) is 41.0 Å². The van der Waals surface area contributed by atoms with Crippen molar-refractivity contribution in [3.8, 4) is 17.2 Å². The van der Waals surface area contributed by atoms with Gasteiger partial charge in [0.2, 0.25) is 0 Å². The number of aliphatic imine (C=N–C) groups is 1. The van der Waals surface area contributed by atoms with E-state index in [1.807, 2.05) is 76.5 Å². The molecule has 7 rings (SSSR count). The Morgan fingerprint density at radius 2 is 1.50 bits per heavy atom. The molecule has 12 nitrogen and oxygen atoms in total. The van der Waals surface area contributed by atoms with Crippen LogP contribution in [0.5, 0.6) is 17.2 Å². The van der Waals surface area contributed by atoms with Crippen LogP contribution in [-0.4, -0.2) is 77.7 Å². The lowest BCUT2D eigenvalue weighted by Gasteiger charge is -2.31. The van der Waals surface area contributed by atoms with Gasteiger partial charge in [0.1, 0.15) is 12.4 Å². The molecule has 54 heavy (non-hydrogen) atoms. The molecule has 0 saturated carbocycles. The summed E-state index contributed by atoms with van der Waals surface area (Å²) >= 11 is 0. The number of aliphatic hydroxyl groups is 1. The average Bonchev–Trinajstić information content (AvgIpc) is 3.70. The molecule has 0 fully saturated rings. The standard InChI is InChI=1S/C42H46N4O8/c1-25-9-11-29(12-10-25)24-54-42(50)46-34-20-38(37(51-5)18-32(34)40(48)45-23-27(3)16-35(45)41(46)49)53-14-8-6-7-13-52-36-19-33-31(17-28(36)4)39(47)44-22-26(2)15-30(44)21-43-33/h9-12,17-23,30,35,41,49H,6-8,13-16,24H2,1-5H3/t30-,35-,41-/m0/s1. The first-order valence-corrected chi connectivity index (χ1v) is 18.4. The number of aliphatic hydroxyl groups excluding tert-OH is 1. The first-order chi connectivity index (χ1) is 26.0. The van der Waals surface area contributed by atoms with Crippen LogP contribution in [0.2, 0.25) is 0 Å².